The second-order valence-electron chi connectivity index (χ2n) is 8.05. The second kappa shape index (κ2) is 7.24. The van der Waals surface area contributed by atoms with E-state index < -0.39 is 0 Å². The molecule has 0 aromatic heterocycles. The van der Waals surface area contributed by atoms with Crippen molar-refractivity contribution in [3.05, 3.63) is 35.4 Å². The molecule has 2 aliphatic heterocycles. The Morgan fingerprint density at radius 3 is 2.83 bits per heavy atom. The molecule has 1 aromatic carbocycles. The molecule has 132 valence electrons. The van der Waals surface area contributed by atoms with E-state index in [1.807, 2.05) is 0 Å². The Balaban J connectivity index is 1.55. The van der Waals surface area contributed by atoms with Crippen LogP contribution in [0.2, 0.25) is 0 Å². The highest BCUT2D eigenvalue weighted by Gasteiger charge is 2.31. The van der Waals surface area contributed by atoms with E-state index in [1.165, 1.54) is 11.1 Å². The fraction of sp³-hybridized carbons (Fsp3) is 0.650. The fourth-order valence-electron chi connectivity index (χ4n) is 3.94. The van der Waals surface area contributed by atoms with Crippen LogP contribution in [0.5, 0.6) is 0 Å². The van der Waals surface area contributed by atoms with E-state index in [2.05, 4.69) is 60.6 Å². The molecule has 0 spiro atoms. The molecule has 2 N–H and O–H groups in total. The summed E-state index contributed by atoms with van der Waals surface area (Å²) in [5.74, 6) is 0.396. The predicted molar refractivity (Wildman–Crippen MR) is 97.8 cm³/mol. The van der Waals surface area contributed by atoms with Crippen molar-refractivity contribution in [3.8, 4) is 0 Å². The first-order chi connectivity index (χ1) is 11.5. The monoisotopic (exact) mass is 329 g/mol. The maximum atomic E-state index is 12.5. The molecule has 24 heavy (non-hydrogen) atoms. The molecule has 1 amide bonds. The van der Waals surface area contributed by atoms with Gasteiger partial charge in [0.15, 0.2) is 0 Å². The normalized spacial score (nSPS) is 25.1. The van der Waals surface area contributed by atoms with Crippen molar-refractivity contribution in [1.29, 1.82) is 0 Å². The number of fused-ring (bicyclic) bond motifs is 1. The minimum atomic E-state index is -0.0261. The van der Waals surface area contributed by atoms with Gasteiger partial charge in [0, 0.05) is 37.1 Å². The molecule has 4 nitrogen and oxygen atoms in total. The van der Waals surface area contributed by atoms with Crippen molar-refractivity contribution >= 4 is 5.91 Å². The van der Waals surface area contributed by atoms with Crippen LogP contribution in [-0.4, -0.2) is 42.0 Å². The number of benzene rings is 1. The Labute approximate surface area is 146 Å². The van der Waals surface area contributed by atoms with Crippen molar-refractivity contribution in [2.24, 2.45) is 5.92 Å². The van der Waals surface area contributed by atoms with Gasteiger partial charge in [-0.2, -0.15) is 0 Å². The van der Waals surface area contributed by atoms with Gasteiger partial charge in [-0.05, 0) is 57.7 Å². The van der Waals surface area contributed by atoms with Gasteiger partial charge in [0.25, 0.3) is 0 Å². The Hall–Kier alpha value is -1.39. The fourth-order valence-corrected chi connectivity index (χ4v) is 3.94. The van der Waals surface area contributed by atoms with Gasteiger partial charge >= 0.3 is 0 Å². The Morgan fingerprint density at radius 1 is 1.33 bits per heavy atom. The van der Waals surface area contributed by atoms with Crippen molar-refractivity contribution < 1.29 is 4.79 Å². The number of carbonyl (C=O) groups excluding carboxylic acids is 1. The molecule has 2 heterocycles. The average Bonchev–Trinajstić information content (AvgIpc) is 2.59. The summed E-state index contributed by atoms with van der Waals surface area (Å²) < 4.78 is 0. The summed E-state index contributed by atoms with van der Waals surface area (Å²) in [6, 6.07) is 9.16. The van der Waals surface area contributed by atoms with Crippen LogP contribution in [0.3, 0.4) is 0 Å². The number of carbonyl (C=O) groups is 1. The molecule has 4 heteroatoms. The van der Waals surface area contributed by atoms with Crippen LogP contribution in [-0.2, 0) is 17.8 Å². The largest absolute Gasteiger partial charge is 0.354 e. The molecular weight excluding hydrogens is 298 g/mol. The summed E-state index contributed by atoms with van der Waals surface area (Å²) in [4.78, 5) is 15.0. The highest BCUT2D eigenvalue weighted by atomic mass is 16.1. The average molecular weight is 329 g/mol. The van der Waals surface area contributed by atoms with E-state index in [4.69, 9.17) is 0 Å². The van der Waals surface area contributed by atoms with Crippen LogP contribution in [0, 0.1) is 5.92 Å². The summed E-state index contributed by atoms with van der Waals surface area (Å²) >= 11 is 0. The molecule has 1 saturated heterocycles. The van der Waals surface area contributed by atoms with Crippen LogP contribution in [0.4, 0.5) is 0 Å². The summed E-state index contributed by atoms with van der Waals surface area (Å²) in [6.45, 7) is 10.3. The maximum Gasteiger partial charge on any atom is 0.223 e. The zero-order valence-corrected chi connectivity index (χ0v) is 15.3. The number of rotatable bonds is 4. The van der Waals surface area contributed by atoms with Crippen LogP contribution in [0.15, 0.2) is 24.3 Å². The van der Waals surface area contributed by atoms with E-state index in [0.717, 1.165) is 38.9 Å². The van der Waals surface area contributed by atoms with Gasteiger partial charge in [-0.1, -0.05) is 24.3 Å². The molecule has 0 aliphatic carbocycles. The first-order valence-corrected chi connectivity index (χ1v) is 9.28. The van der Waals surface area contributed by atoms with Crippen LogP contribution in [0.1, 0.15) is 44.7 Å². The van der Waals surface area contributed by atoms with Crippen LogP contribution >= 0.6 is 0 Å². The van der Waals surface area contributed by atoms with E-state index >= 15 is 0 Å². The van der Waals surface area contributed by atoms with E-state index in [9.17, 15) is 4.79 Å². The highest BCUT2D eigenvalue weighted by Crippen LogP contribution is 2.25. The topological polar surface area (TPSA) is 44.4 Å². The van der Waals surface area contributed by atoms with E-state index in [0.29, 0.717) is 12.6 Å². The Morgan fingerprint density at radius 2 is 2.08 bits per heavy atom. The van der Waals surface area contributed by atoms with Crippen molar-refractivity contribution in [1.82, 2.24) is 15.5 Å². The smallest absolute Gasteiger partial charge is 0.223 e. The number of hydrogen-bond donors (Lipinski definition) is 2. The lowest BCUT2D eigenvalue weighted by atomic mass is 9.91. The molecule has 2 atom stereocenters. The number of piperidine rings is 1. The molecule has 1 aromatic rings. The maximum absolute atomic E-state index is 12.5. The van der Waals surface area contributed by atoms with E-state index in [1.54, 1.807) is 0 Å². The first-order valence-electron chi connectivity index (χ1n) is 9.28. The van der Waals surface area contributed by atoms with Crippen LogP contribution in [0.25, 0.3) is 0 Å². The summed E-state index contributed by atoms with van der Waals surface area (Å²) in [5, 5.41) is 6.64. The van der Waals surface area contributed by atoms with Gasteiger partial charge in [-0.15, -0.1) is 0 Å². The third-order valence-electron chi connectivity index (χ3n) is 5.68. The van der Waals surface area contributed by atoms with Crippen molar-refractivity contribution in [2.45, 2.75) is 58.2 Å². The number of amides is 1. The number of nitrogens with one attached hydrogen (secondary N) is 2. The number of hydrogen-bond acceptors (Lipinski definition) is 3. The van der Waals surface area contributed by atoms with Crippen LogP contribution < -0.4 is 10.6 Å². The van der Waals surface area contributed by atoms with Gasteiger partial charge < -0.3 is 10.6 Å². The number of nitrogens with zero attached hydrogens (tertiary/aromatic N) is 1. The molecule has 0 unspecified atom stereocenters. The Bertz CT molecular complexity index is 584. The molecule has 0 saturated carbocycles. The quantitative estimate of drug-likeness (QED) is 0.891. The van der Waals surface area contributed by atoms with Crippen molar-refractivity contribution in [2.75, 3.05) is 19.6 Å². The molecule has 2 aliphatic rings. The van der Waals surface area contributed by atoms with Gasteiger partial charge in [-0.25, -0.2) is 0 Å². The zero-order chi connectivity index (χ0) is 17.2. The predicted octanol–water partition coefficient (Wildman–Crippen LogP) is 2.33. The lowest BCUT2D eigenvalue weighted by molar-refractivity contribution is -0.126. The van der Waals surface area contributed by atoms with Gasteiger partial charge in [0.1, 0.15) is 0 Å². The van der Waals surface area contributed by atoms with Gasteiger partial charge in [0.2, 0.25) is 5.91 Å². The third kappa shape index (κ3) is 3.98. The minimum Gasteiger partial charge on any atom is -0.354 e. The summed E-state index contributed by atoms with van der Waals surface area (Å²) in [6.07, 6.45) is 3.00. The molecule has 0 radical (unpaired) electrons. The molecular formula is C20H31N3O. The van der Waals surface area contributed by atoms with Gasteiger partial charge in [0.05, 0.1) is 0 Å². The Kier molecular flexibility index (Phi) is 5.26. The minimum absolute atomic E-state index is 0.0261. The molecule has 0 bridgehead atoms. The van der Waals surface area contributed by atoms with Gasteiger partial charge in [-0.3, -0.25) is 9.69 Å². The third-order valence-corrected chi connectivity index (χ3v) is 5.68. The second-order valence-corrected chi connectivity index (χ2v) is 8.05. The first kappa shape index (κ1) is 17.4. The molecule has 3 rings (SSSR count). The lowest BCUT2D eigenvalue weighted by Crippen LogP contribution is -2.54. The highest BCUT2D eigenvalue weighted by molar-refractivity contribution is 5.78. The van der Waals surface area contributed by atoms with Crippen molar-refractivity contribution in [3.63, 3.8) is 0 Å². The summed E-state index contributed by atoms with van der Waals surface area (Å²) in [5.41, 5.74) is 2.87. The summed E-state index contributed by atoms with van der Waals surface area (Å²) in [7, 11) is 0. The molecule has 1 fully saturated rings. The lowest BCUT2D eigenvalue weighted by Gasteiger charge is -2.42. The van der Waals surface area contributed by atoms with E-state index in [-0.39, 0.29) is 17.4 Å². The SMILES string of the molecule is C[C@H]1C[C@@H](C(=O)NCC(C)(C)N2CCc3ccccc3C2)CCN1. The standard InChI is InChI=1S/C20H31N3O/c1-15-12-17(8-10-21-15)19(24)22-14-20(2,3)23-11-9-16-6-4-5-7-18(16)13-23/h4-7,15,17,21H,8-14H2,1-3H3,(H,22,24)/t15-,17-/m0/s1. The zero-order valence-electron chi connectivity index (χ0n) is 15.3.